The number of morpholine rings is 1. The summed E-state index contributed by atoms with van der Waals surface area (Å²) in [5.41, 5.74) is 3.79. The van der Waals surface area contributed by atoms with Gasteiger partial charge in [-0.15, -0.1) is 0 Å². The number of nitrogens with zero attached hydrogens (tertiary/aromatic N) is 1. The number of ether oxygens (including phenoxy) is 1. The first-order chi connectivity index (χ1) is 9.76. The summed E-state index contributed by atoms with van der Waals surface area (Å²) < 4.78 is 5.44. The summed E-state index contributed by atoms with van der Waals surface area (Å²) in [7, 11) is 0. The van der Waals surface area contributed by atoms with Gasteiger partial charge in [-0.1, -0.05) is 19.1 Å². The zero-order chi connectivity index (χ0) is 14.4. The number of nitrogens with one attached hydrogen (secondary N) is 1. The molecule has 1 unspecified atom stereocenters. The smallest absolute Gasteiger partial charge is 0.0755 e. The first-order valence-electron chi connectivity index (χ1n) is 7.51. The fourth-order valence-corrected chi connectivity index (χ4v) is 2.68. The van der Waals surface area contributed by atoms with E-state index in [1.165, 1.54) is 16.8 Å². The van der Waals surface area contributed by atoms with Gasteiger partial charge in [0.2, 0.25) is 0 Å². The molecule has 112 valence electrons. The maximum absolute atomic E-state index is 9.48. The number of anilines is 1. The van der Waals surface area contributed by atoms with Crippen molar-refractivity contribution in [3.8, 4) is 0 Å². The van der Waals surface area contributed by atoms with E-state index >= 15 is 0 Å². The number of rotatable bonds is 6. The number of benzene rings is 1. The number of hydrogen-bond donors (Lipinski definition) is 2. The molecule has 1 aliphatic heterocycles. The second kappa shape index (κ2) is 7.62. The highest BCUT2D eigenvalue weighted by molar-refractivity contribution is 5.55. The van der Waals surface area contributed by atoms with Crippen molar-refractivity contribution in [3.63, 3.8) is 0 Å². The van der Waals surface area contributed by atoms with Gasteiger partial charge in [-0.3, -0.25) is 0 Å². The minimum Gasteiger partial charge on any atom is -0.394 e. The highest BCUT2D eigenvalue weighted by Gasteiger charge is 2.23. The van der Waals surface area contributed by atoms with Crippen LogP contribution in [0, 0.1) is 6.92 Å². The lowest BCUT2D eigenvalue weighted by molar-refractivity contribution is 0.0726. The van der Waals surface area contributed by atoms with Crippen LogP contribution >= 0.6 is 0 Å². The Morgan fingerprint density at radius 1 is 1.45 bits per heavy atom. The molecule has 0 aromatic heterocycles. The van der Waals surface area contributed by atoms with Crippen LogP contribution in [-0.2, 0) is 11.3 Å². The second-order valence-electron chi connectivity index (χ2n) is 5.40. The zero-order valence-electron chi connectivity index (χ0n) is 12.6. The van der Waals surface area contributed by atoms with Gasteiger partial charge in [-0.2, -0.15) is 0 Å². The molecule has 1 aromatic rings. The molecule has 0 amide bonds. The zero-order valence-corrected chi connectivity index (χ0v) is 12.6. The monoisotopic (exact) mass is 278 g/mol. The Balaban J connectivity index is 2.08. The summed E-state index contributed by atoms with van der Waals surface area (Å²) in [4.78, 5) is 2.27. The molecular formula is C16H26N2O2. The highest BCUT2D eigenvalue weighted by Crippen LogP contribution is 2.25. The third kappa shape index (κ3) is 3.72. The van der Waals surface area contributed by atoms with Crippen molar-refractivity contribution in [1.29, 1.82) is 0 Å². The fraction of sp³-hybridized carbons (Fsp3) is 0.625. The van der Waals surface area contributed by atoms with E-state index < -0.39 is 0 Å². The molecule has 1 fully saturated rings. The van der Waals surface area contributed by atoms with Crippen molar-refractivity contribution in [1.82, 2.24) is 5.32 Å². The van der Waals surface area contributed by atoms with Crippen LogP contribution in [0.1, 0.15) is 24.5 Å². The quantitative estimate of drug-likeness (QED) is 0.777. The molecule has 1 aromatic carbocycles. The molecule has 4 heteroatoms. The minimum absolute atomic E-state index is 0.0755. The lowest BCUT2D eigenvalue weighted by Gasteiger charge is -2.37. The molecule has 0 radical (unpaired) electrons. The van der Waals surface area contributed by atoms with E-state index in [9.17, 15) is 5.11 Å². The Morgan fingerprint density at radius 2 is 2.30 bits per heavy atom. The fourth-order valence-electron chi connectivity index (χ4n) is 2.68. The predicted molar refractivity (Wildman–Crippen MR) is 82.2 cm³/mol. The number of aliphatic hydroxyl groups excluding tert-OH is 1. The van der Waals surface area contributed by atoms with Gasteiger partial charge < -0.3 is 20.1 Å². The second-order valence-corrected chi connectivity index (χ2v) is 5.40. The molecular weight excluding hydrogens is 252 g/mol. The molecule has 0 bridgehead atoms. The summed E-state index contributed by atoms with van der Waals surface area (Å²) in [5.74, 6) is 0. The van der Waals surface area contributed by atoms with Crippen molar-refractivity contribution < 1.29 is 9.84 Å². The molecule has 1 aliphatic rings. The lowest BCUT2D eigenvalue weighted by atomic mass is 10.1. The van der Waals surface area contributed by atoms with Gasteiger partial charge in [0.1, 0.15) is 0 Å². The van der Waals surface area contributed by atoms with Crippen LogP contribution in [0.2, 0.25) is 0 Å². The molecule has 0 saturated carbocycles. The van der Waals surface area contributed by atoms with Crippen LogP contribution in [0.5, 0.6) is 0 Å². The third-order valence-corrected chi connectivity index (χ3v) is 3.76. The Kier molecular flexibility index (Phi) is 5.83. The minimum atomic E-state index is 0.0755. The Labute approximate surface area is 121 Å². The van der Waals surface area contributed by atoms with Gasteiger partial charge in [-0.25, -0.2) is 0 Å². The highest BCUT2D eigenvalue weighted by atomic mass is 16.5. The lowest BCUT2D eigenvalue weighted by Crippen LogP contribution is -2.48. The van der Waals surface area contributed by atoms with Crippen LogP contribution in [0.25, 0.3) is 0 Å². The first kappa shape index (κ1) is 15.3. The van der Waals surface area contributed by atoms with Crippen molar-refractivity contribution in [2.24, 2.45) is 0 Å². The van der Waals surface area contributed by atoms with Crippen molar-refractivity contribution in [2.45, 2.75) is 32.9 Å². The third-order valence-electron chi connectivity index (χ3n) is 3.76. The summed E-state index contributed by atoms with van der Waals surface area (Å²) in [6, 6.07) is 6.66. The van der Waals surface area contributed by atoms with E-state index in [0.717, 1.165) is 32.7 Å². The van der Waals surface area contributed by atoms with E-state index in [-0.39, 0.29) is 12.6 Å². The Morgan fingerprint density at radius 3 is 3.00 bits per heavy atom. The van der Waals surface area contributed by atoms with Gasteiger partial charge in [0.05, 0.1) is 25.9 Å². The van der Waals surface area contributed by atoms with E-state index in [1.54, 1.807) is 0 Å². The normalized spacial score (nSPS) is 19.4. The van der Waals surface area contributed by atoms with Crippen LogP contribution < -0.4 is 10.2 Å². The van der Waals surface area contributed by atoms with E-state index in [4.69, 9.17) is 4.74 Å². The average molecular weight is 278 g/mol. The van der Waals surface area contributed by atoms with Crippen molar-refractivity contribution >= 4 is 5.69 Å². The Hall–Kier alpha value is -1.10. The van der Waals surface area contributed by atoms with Gasteiger partial charge in [-0.05, 0) is 37.1 Å². The van der Waals surface area contributed by atoms with E-state index in [2.05, 4.69) is 42.3 Å². The van der Waals surface area contributed by atoms with Crippen LogP contribution in [0.15, 0.2) is 18.2 Å². The first-order valence-corrected chi connectivity index (χ1v) is 7.51. The molecule has 0 aliphatic carbocycles. The molecule has 1 heterocycles. The van der Waals surface area contributed by atoms with Gasteiger partial charge >= 0.3 is 0 Å². The molecule has 2 N–H and O–H groups in total. The summed E-state index contributed by atoms with van der Waals surface area (Å²) in [5, 5.41) is 12.9. The van der Waals surface area contributed by atoms with Gasteiger partial charge in [0.25, 0.3) is 0 Å². The van der Waals surface area contributed by atoms with Crippen molar-refractivity contribution in [2.75, 3.05) is 37.8 Å². The summed E-state index contributed by atoms with van der Waals surface area (Å²) >= 11 is 0. The molecule has 2 rings (SSSR count). The molecule has 0 spiro atoms. The van der Waals surface area contributed by atoms with Gasteiger partial charge in [0.15, 0.2) is 0 Å². The number of hydrogen-bond acceptors (Lipinski definition) is 4. The van der Waals surface area contributed by atoms with Crippen LogP contribution in [0.4, 0.5) is 5.69 Å². The predicted octanol–water partition coefficient (Wildman–Crippen LogP) is 1.69. The molecule has 1 saturated heterocycles. The van der Waals surface area contributed by atoms with E-state index in [1.807, 2.05) is 0 Å². The van der Waals surface area contributed by atoms with Crippen LogP contribution in [0.3, 0.4) is 0 Å². The largest absolute Gasteiger partial charge is 0.394 e. The van der Waals surface area contributed by atoms with Crippen molar-refractivity contribution in [3.05, 3.63) is 29.3 Å². The topological polar surface area (TPSA) is 44.7 Å². The molecule has 20 heavy (non-hydrogen) atoms. The average Bonchev–Trinajstić information content (AvgIpc) is 2.48. The Bertz CT molecular complexity index is 423. The molecule has 1 atom stereocenters. The van der Waals surface area contributed by atoms with Gasteiger partial charge in [0, 0.05) is 18.8 Å². The standard InChI is InChI=1S/C16H26N2O2/c1-3-6-17-10-14-4-5-16(13(2)9-14)18-7-8-20-12-15(18)11-19/h4-5,9,15,17,19H,3,6-8,10-12H2,1-2H3. The SMILES string of the molecule is CCCNCc1ccc(N2CCOCC2CO)c(C)c1. The summed E-state index contributed by atoms with van der Waals surface area (Å²) in [6.45, 7) is 8.61. The maximum Gasteiger partial charge on any atom is 0.0755 e. The number of aliphatic hydroxyl groups is 1. The molecule has 4 nitrogen and oxygen atoms in total. The maximum atomic E-state index is 9.48. The number of aryl methyl sites for hydroxylation is 1. The van der Waals surface area contributed by atoms with E-state index in [0.29, 0.717) is 6.61 Å². The van der Waals surface area contributed by atoms with Crippen LogP contribution in [-0.4, -0.2) is 44.1 Å². The summed E-state index contributed by atoms with van der Waals surface area (Å²) in [6.07, 6.45) is 1.16.